The Balaban J connectivity index is 2.07. The largest absolute Gasteiger partial charge is 0.390 e. The Labute approximate surface area is 128 Å². The summed E-state index contributed by atoms with van der Waals surface area (Å²) in [5, 5.41) is 13.1. The molecule has 1 atom stereocenters. The fourth-order valence-electron chi connectivity index (χ4n) is 2.35. The van der Waals surface area contributed by atoms with Crippen molar-refractivity contribution in [1.29, 1.82) is 0 Å². The minimum Gasteiger partial charge on any atom is -0.390 e. The first-order valence-corrected chi connectivity index (χ1v) is 9.42. The molecule has 0 amide bonds. The summed E-state index contributed by atoms with van der Waals surface area (Å²) < 4.78 is 29.5. The van der Waals surface area contributed by atoms with Crippen LogP contribution in [-0.4, -0.2) is 94.1 Å². The van der Waals surface area contributed by atoms with Crippen LogP contribution < -0.4 is 5.32 Å². The van der Waals surface area contributed by atoms with E-state index in [0.717, 1.165) is 32.7 Å². The van der Waals surface area contributed by atoms with E-state index in [1.165, 1.54) is 10.6 Å². The van der Waals surface area contributed by atoms with Crippen LogP contribution in [0.5, 0.6) is 0 Å². The first-order valence-electron chi connectivity index (χ1n) is 7.57. The van der Waals surface area contributed by atoms with Crippen LogP contribution in [0.3, 0.4) is 0 Å². The van der Waals surface area contributed by atoms with Crippen LogP contribution in [0.15, 0.2) is 0 Å². The topological polar surface area (TPSA) is 82.1 Å². The molecule has 0 aromatic heterocycles. The normalized spacial score (nSPS) is 19.0. The molecule has 2 N–H and O–H groups in total. The standard InChI is InChI=1S/C13H29N3O4S/c1-3-16(21(2,18)19)6-4-5-14-11-13(17)12-15-7-9-20-10-8-15/h13-14,17H,3-12H2,1-2H3. The maximum Gasteiger partial charge on any atom is 0.211 e. The summed E-state index contributed by atoms with van der Waals surface area (Å²) in [4.78, 5) is 2.19. The molecule has 1 aliphatic rings. The van der Waals surface area contributed by atoms with Gasteiger partial charge < -0.3 is 15.2 Å². The second kappa shape index (κ2) is 9.70. The fraction of sp³-hybridized carbons (Fsp3) is 1.00. The molecule has 0 aromatic rings. The first-order chi connectivity index (χ1) is 9.93. The number of hydrogen-bond acceptors (Lipinski definition) is 6. The maximum atomic E-state index is 11.4. The summed E-state index contributed by atoms with van der Waals surface area (Å²) in [6.07, 6.45) is 1.57. The van der Waals surface area contributed by atoms with Gasteiger partial charge in [0.05, 0.1) is 25.6 Å². The molecule has 1 heterocycles. The average molecular weight is 323 g/mol. The van der Waals surface area contributed by atoms with Crippen molar-refractivity contribution in [2.24, 2.45) is 0 Å². The van der Waals surface area contributed by atoms with Gasteiger partial charge in [-0.15, -0.1) is 0 Å². The minimum atomic E-state index is -3.10. The van der Waals surface area contributed by atoms with Gasteiger partial charge in [0.25, 0.3) is 0 Å². The Morgan fingerprint density at radius 3 is 2.62 bits per heavy atom. The van der Waals surface area contributed by atoms with Crippen molar-refractivity contribution in [3.8, 4) is 0 Å². The number of aliphatic hydroxyl groups excluding tert-OH is 1. The number of β-amino-alcohol motifs (C(OH)–C–C–N with tert-alkyl or cyclic N) is 1. The fourth-order valence-corrected chi connectivity index (χ4v) is 3.28. The molecule has 0 aromatic carbocycles. The highest BCUT2D eigenvalue weighted by molar-refractivity contribution is 7.88. The number of ether oxygens (including phenoxy) is 1. The summed E-state index contributed by atoms with van der Waals surface area (Å²) in [5.41, 5.74) is 0. The van der Waals surface area contributed by atoms with E-state index in [1.54, 1.807) is 0 Å². The monoisotopic (exact) mass is 323 g/mol. The number of nitrogens with one attached hydrogen (secondary N) is 1. The quantitative estimate of drug-likeness (QED) is 0.499. The summed E-state index contributed by atoms with van der Waals surface area (Å²) in [6.45, 7) is 7.95. The molecule has 7 nitrogen and oxygen atoms in total. The molecule has 0 radical (unpaired) electrons. The van der Waals surface area contributed by atoms with Crippen molar-refractivity contribution >= 4 is 10.0 Å². The van der Waals surface area contributed by atoms with Gasteiger partial charge in [-0.2, -0.15) is 0 Å². The van der Waals surface area contributed by atoms with Crippen LogP contribution in [0.4, 0.5) is 0 Å². The lowest BCUT2D eigenvalue weighted by Crippen LogP contribution is -2.44. The highest BCUT2D eigenvalue weighted by Gasteiger charge is 2.15. The molecule has 1 rings (SSSR count). The van der Waals surface area contributed by atoms with E-state index in [4.69, 9.17) is 4.74 Å². The van der Waals surface area contributed by atoms with E-state index in [2.05, 4.69) is 10.2 Å². The van der Waals surface area contributed by atoms with Crippen molar-refractivity contribution in [2.75, 3.05) is 65.3 Å². The number of rotatable bonds is 10. The molecule has 21 heavy (non-hydrogen) atoms. The van der Waals surface area contributed by atoms with Crippen molar-refractivity contribution in [1.82, 2.24) is 14.5 Å². The van der Waals surface area contributed by atoms with E-state index in [-0.39, 0.29) is 0 Å². The van der Waals surface area contributed by atoms with Gasteiger partial charge in [0.15, 0.2) is 0 Å². The van der Waals surface area contributed by atoms with Gasteiger partial charge in [0.1, 0.15) is 0 Å². The van der Waals surface area contributed by atoms with Gasteiger partial charge in [-0.1, -0.05) is 6.92 Å². The molecular formula is C13H29N3O4S. The van der Waals surface area contributed by atoms with E-state index in [1.807, 2.05) is 6.92 Å². The average Bonchev–Trinajstić information content (AvgIpc) is 2.42. The van der Waals surface area contributed by atoms with E-state index >= 15 is 0 Å². The predicted octanol–water partition coefficient (Wildman–Crippen LogP) is -1.06. The zero-order valence-corrected chi connectivity index (χ0v) is 13.9. The SMILES string of the molecule is CCN(CCCNCC(O)CN1CCOCC1)S(C)(=O)=O. The zero-order valence-electron chi connectivity index (χ0n) is 13.1. The third kappa shape index (κ3) is 8.08. The van der Waals surface area contributed by atoms with Crippen molar-refractivity contribution < 1.29 is 18.3 Å². The number of sulfonamides is 1. The van der Waals surface area contributed by atoms with Crippen molar-refractivity contribution in [3.05, 3.63) is 0 Å². The van der Waals surface area contributed by atoms with Gasteiger partial charge in [0.2, 0.25) is 10.0 Å². The highest BCUT2D eigenvalue weighted by atomic mass is 32.2. The predicted molar refractivity (Wildman–Crippen MR) is 82.8 cm³/mol. The third-order valence-corrected chi connectivity index (χ3v) is 4.91. The van der Waals surface area contributed by atoms with Crippen LogP contribution in [0.25, 0.3) is 0 Å². The molecule has 8 heteroatoms. The van der Waals surface area contributed by atoms with Crippen LogP contribution >= 0.6 is 0 Å². The maximum absolute atomic E-state index is 11.4. The summed E-state index contributed by atoms with van der Waals surface area (Å²) in [5.74, 6) is 0. The second-order valence-corrected chi connectivity index (χ2v) is 7.36. The lowest BCUT2D eigenvalue weighted by atomic mass is 10.3. The first kappa shape index (κ1) is 18.8. The smallest absolute Gasteiger partial charge is 0.211 e. The van der Waals surface area contributed by atoms with Crippen molar-refractivity contribution in [3.63, 3.8) is 0 Å². The Bertz CT molecular complexity index is 372. The van der Waals surface area contributed by atoms with Crippen LogP contribution in [0.2, 0.25) is 0 Å². The molecule has 0 aliphatic carbocycles. The number of hydrogen-bond donors (Lipinski definition) is 2. The molecule has 1 unspecified atom stereocenters. The summed E-state index contributed by atoms with van der Waals surface area (Å²) in [6, 6.07) is 0. The summed E-state index contributed by atoms with van der Waals surface area (Å²) >= 11 is 0. The number of nitrogens with zero attached hydrogens (tertiary/aromatic N) is 2. The van der Waals surface area contributed by atoms with Crippen LogP contribution in [0, 0.1) is 0 Å². The molecule has 1 aliphatic heterocycles. The highest BCUT2D eigenvalue weighted by Crippen LogP contribution is 1.99. The molecule has 0 saturated carbocycles. The van der Waals surface area contributed by atoms with Gasteiger partial charge >= 0.3 is 0 Å². The molecule has 0 spiro atoms. The van der Waals surface area contributed by atoms with E-state index in [9.17, 15) is 13.5 Å². The third-order valence-electron chi connectivity index (χ3n) is 3.54. The Hall–Kier alpha value is -0.250. The Morgan fingerprint density at radius 1 is 1.38 bits per heavy atom. The lowest BCUT2D eigenvalue weighted by molar-refractivity contribution is 0.0149. The van der Waals surface area contributed by atoms with E-state index < -0.39 is 16.1 Å². The minimum absolute atomic E-state index is 0.403. The summed E-state index contributed by atoms with van der Waals surface area (Å²) in [7, 11) is -3.10. The number of aliphatic hydroxyl groups is 1. The molecular weight excluding hydrogens is 294 g/mol. The molecule has 0 bridgehead atoms. The zero-order chi connectivity index (χ0) is 15.7. The van der Waals surface area contributed by atoms with Crippen molar-refractivity contribution in [2.45, 2.75) is 19.4 Å². The Kier molecular flexibility index (Phi) is 8.69. The second-order valence-electron chi connectivity index (χ2n) is 5.38. The molecule has 126 valence electrons. The van der Waals surface area contributed by atoms with Gasteiger partial charge in [-0.25, -0.2) is 12.7 Å². The van der Waals surface area contributed by atoms with Gasteiger partial charge in [0, 0.05) is 39.3 Å². The molecule has 1 saturated heterocycles. The van der Waals surface area contributed by atoms with Crippen LogP contribution in [0.1, 0.15) is 13.3 Å². The van der Waals surface area contributed by atoms with Gasteiger partial charge in [-0.05, 0) is 13.0 Å². The Morgan fingerprint density at radius 2 is 2.05 bits per heavy atom. The van der Waals surface area contributed by atoms with Gasteiger partial charge in [-0.3, -0.25) is 4.90 Å². The van der Waals surface area contributed by atoms with E-state index in [0.29, 0.717) is 32.7 Å². The molecule has 1 fully saturated rings. The number of morpholine rings is 1. The lowest BCUT2D eigenvalue weighted by Gasteiger charge is -2.28. The van der Waals surface area contributed by atoms with Crippen LogP contribution in [-0.2, 0) is 14.8 Å².